The van der Waals surface area contributed by atoms with Crippen molar-refractivity contribution in [1.82, 2.24) is 10.2 Å². The van der Waals surface area contributed by atoms with Crippen LogP contribution in [0, 0.1) is 17.8 Å². The van der Waals surface area contributed by atoms with Gasteiger partial charge in [0.2, 0.25) is 5.91 Å². The molecule has 3 unspecified atom stereocenters. The van der Waals surface area contributed by atoms with Gasteiger partial charge in [-0.15, -0.1) is 12.4 Å². The molecule has 1 aromatic carbocycles. The number of amides is 1. The third kappa shape index (κ3) is 3.96. The zero-order chi connectivity index (χ0) is 19.3. The molecule has 1 N–H and O–H groups in total. The number of benzene rings is 1. The zero-order valence-electron chi connectivity index (χ0n) is 17.5. The molecule has 5 nitrogen and oxygen atoms in total. The lowest BCUT2D eigenvalue weighted by Gasteiger charge is -2.21. The van der Waals surface area contributed by atoms with Crippen LogP contribution in [0.4, 0.5) is 0 Å². The van der Waals surface area contributed by atoms with Crippen LogP contribution in [0.3, 0.4) is 0 Å². The zero-order valence-corrected chi connectivity index (χ0v) is 18.3. The van der Waals surface area contributed by atoms with E-state index in [4.69, 9.17) is 9.47 Å². The van der Waals surface area contributed by atoms with E-state index in [1.165, 1.54) is 11.1 Å². The molecular formula is C23H33ClN2O3. The SMILES string of the molecule is CCOc1cc2c(cc1C1CC1C(=O)N1CC[C@@H]3CNC[C@@H]3CC1)OC(C)C2.Cl. The van der Waals surface area contributed by atoms with Crippen LogP contribution in [0.2, 0.25) is 0 Å². The van der Waals surface area contributed by atoms with E-state index >= 15 is 0 Å². The number of hydrogen-bond acceptors (Lipinski definition) is 4. The number of hydrogen-bond donors (Lipinski definition) is 1. The van der Waals surface area contributed by atoms with Crippen molar-refractivity contribution in [3.05, 3.63) is 23.3 Å². The minimum Gasteiger partial charge on any atom is -0.494 e. The van der Waals surface area contributed by atoms with Crippen molar-refractivity contribution >= 4 is 18.3 Å². The third-order valence-electron chi connectivity index (χ3n) is 7.17. The van der Waals surface area contributed by atoms with E-state index in [1.807, 2.05) is 6.92 Å². The van der Waals surface area contributed by atoms with Crippen LogP contribution >= 0.6 is 12.4 Å². The monoisotopic (exact) mass is 420 g/mol. The molecule has 160 valence electrons. The average Bonchev–Trinajstić information content (AvgIpc) is 3.28. The number of halogens is 1. The van der Waals surface area contributed by atoms with E-state index in [-0.39, 0.29) is 30.3 Å². The molecule has 1 saturated carbocycles. The summed E-state index contributed by atoms with van der Waals surface area (Å²) < 4.78 is 11.9. The van der Waals surface area contributed by atoms with Gasteiger partial charge in [-0.1, -0.05) is 0 Å². The maximum atomic E-state index is 13.2. The third-order valence-corrected chi connectivity index (χ3v) is 7.17. The molecule has 1 aromatic rings. The Hall–Kier alpha value is -1.46. The van der Waals surface area contributed by atoms with Gasteiger partial charge in [0.05, 0.1) is 6.61 Å². The largest absolute Gasteiger partial charge is 0.494 e. The van der Waals surface area contributed by atoms with Crippen molar-refractivity contribution in [2.45, 2.75) is 51.6 Å². The molecular weight excluding hydrogens is 388 g/mol. The number of fused-ring (bicyclic) bond motifs is 2. The van der Waals surface area contributed by atoms with E-state index in [2.05, 4.69) is 29.3 Å². The van der Waals surface area contributed by atoms with E-state index < -0.39 is 0 Å². The van der Waals surface area contributed by atoms with Gasteiger partial charge in [-0.05, 0) is 70.2 Å². The summed E-state index contributed by atoms with van der Waals surface area (Å²) in [6, 6.07) is 4.30. The Kier molecular flexibility index (Phi) is 5.99. The molecule has 0 bridgehead atoms. The van der Waals surface area contributed by atoms with Gasteiger partial charge in [0.1, 0.15) is 17.6 Å². The predicted octanol–water partition coefficient (Wildman–Crippen LogP) is 3.39. The Morgan fingerprint density at radius 2 is 1.97 bits per heavy atom. The maximum absolute atomic E-state index is 13.2. The summed E-state index contributed by atoms with van der Waals surface area (Å²) in [4.78, 5) is 15.4. The predicted molar refractivity (Wildman–Crippen MR) is 115 cm³/mol. The fraction of sp³-hybridized carbons (Fsp3) is 0.696. The van der Waals surface area contributed by atoms with Crippen molar-refractivity contribution in [2.24, 2.45) is 17.8 Å². The summed E-state index contributed by atoms with van der Waals surface area (Å²) >= 11 is 0. The molecule has 1 aliphatic carbocycles. The second-order valence-electron chi connectivity index (χ2n) is 9.09. The minimum atomic E-state index is 0. The fourth-order valence-corrected chi connectivity index (χ4v) is 5.51. The molecule has 3 aliphatic heterocycles. The van der Waals surface area contributed by atoms with E-state index in [0.29, 0.717) is 12.5 Å². The molecule has 6 heteroatoms. The van der Waals surface area contributed by atoms with Gasteiger partial charge in [0.25, 0.3) is 0 Å². The molecule has 4 aliphatic rings. The second-order valence-corrected chi connectivity index (χ2v) is 9.09. The van der Waals surface area contributed by atoms with Crippen LogP contribution in [0.15, 0.2) is 12.1 Å². The van der Waals surface area contributed by atoms with Gasteiger partial charge in [0, 0.05) is 42.5 Å². The van der Waals surface area contributed by atoms with Gasteiger partial charge in [-0.2, -0.15) is 0 Å². The lowest BCUT2D eigenvalue weighted by Crippen LogP contribution is -2.34. The maximum Gasteiger partial charge on any atom is 0.226 e. The number of likely N-dealkylation sites (tertiary alicyclic amines) is 1. The molecule has 29 heavy (non-hydrogen) atoms. The number of carbonyl (C=O) groups excluding carboxylic acids is 1. The van der Waals surface area contributed by atoms with Crippen LogP contribution in [-0.2, 0) is 11.2 Å². The molecule has 1 amide bonds. The van der Waals surface area contributed by atoms with E-state index in [1.54, 1.807) is 0 Å². The highest BCUT2D eigenvalue weighted by Crippen LogP contribution is 2.53. The number of rotatable bonds is 4. The Morgan fingerprint density at radius 3 is 2.66 bits per heavy atom. The van der Waals surface area contributed by atoms with Gasteiger partial charge in [-0.25, -0.2) is 0 Å². The summed E-state index contributed by atoms with van der Waals surface area (Å²) in [5.74, 6) is 4.21. The van der Waals surface area contributed by atoms with Crippen LogP contribution in [0.25, 0.3) is 0 Å². The first-order valence-corrected chi connectivity index (χ1v) is 11.1. The topological polar surface area (TPSA) is 50.8 Å². The smallest absolute Gasteiger partial charge is 0.226 e. The molecule has 3 heterocycles. The van der Waals surface area contributed by atoms with E-state index in [9.17, 15) is 4.79 Å². The molecule has 0 aromatic heterocycles. The van der Waals surface area contributed by atoms with Crippen molar-refractivity contribution in [1.29, 1.82) is 0 Å². The Balaban J connectivity index is 0.00000205. The fourth-order valence-electron chi connectivity index (χ4n) is 5.51. The summed E-state index contributed by atoms with van der Waals surface area (Å²) in [5, 5.41) is 3.51. The number of ether oxygens (including phenoxy) is 2. The Morgan fingerprint density at radius 1 is 1.24 bits per heavy atom. The standard InChI is InChI=1S/C23H32N2O3.ClH/c1-3-27-22-9-17-8-14(2)28-21(17)11-19(22)18-10-20(18)23(26)25-6-4-15-12-24-13-16(15)5-7-25;/h9,11,14-16,18,20,24H,3-8,10,12-13H2,1-2H3;1H/t14?,15-,16+,18?,20?;. The first kappa shape index (κ1) is 20.8. The lowest BCUT2D eigenvalue weighted by molar-refractivity contribution is -0.132. The van der Waals surface area contributed by atoms with Crippen molar-refractivity contribution < 1.29 is 14.3 Å². The summed E-state index contributed by atoms with van der Waals surface area (Å²) in [5.41, 5.74) is 2.40. The summed E-state index contributed by atoms with van der Waals surface area (Å²) in [6.07, 6.45) is 4.40. The quantitative estimate of drug-likeness (QED) is 0.811. The number of nitrogens with zero attached hydrogens (tertiary/aromatic N) is 1. The second kappa shape index (κ2) is 8.35. The van der Waals surface area contributed by atoms with Gasteiger partial charge in [-0.3, -0.25) is 4.79 Å². The first-order valence-electron chi connectivity index (χ1n) is 11.1. The van der Waals surface area contributed by atoms with Crippen molar-refractivity contribution in [3.8, 4) is 11.5 Å². The normalized spacial score (nSPS) is 32.5. The summed E-state index contributed by atoms with van der Waals surface area (Å²) in [7, 11) is 0. The molecule has 3 fully saturated rings. The molecule has 5 rings (SSSR count). The average molecular weight is 421 g/mol. The highest BCUT2D eigenvalue weighted by molar-refractivity contribution is 5.85. The van der Waals surface area contributed by atoms with Crippen molar-refractivity contribution in [3.63, 3.8) is 0 Å². The van der Waals surface area contributed by atoms with Gasteiger partial charge >= 0.3 is 0 Å². The van der Waals surface area contributed by atoms with Crippen LogP contribution < -0.4 is 14.8 Å². The first-order chi connectivity index (χ1) is 13.6. The highest BCUT2D eigenvalue weighted by Gasteiger charge is 2.48. The van der Waals surface area contributed by atoms with E-state index in [0.717, 1.165) is 75.2 Å². The minimum absolute atomic E-state index is 0. The van der Waals surface area contributed by atoms with Gasteiger partial charge < -0.3 is 19.7 Å². The summed E-state index contributed by atoms with van der Waals surface area (Å²) in [6.45, 7) is 8.88. The van der Waals surface area contributed by atoms with Crippen LogP contribution in [0.5, 0.6) is 11.5 Å². The highest BCUT2D eigenvalue weighted by atomic mass is 35.5. The Labute approximate surface area is 179 Å². The van der Waals surface area contributed by atoms with Crippen LogP contribution in [0.1, 0.15) is 50.2 Å². The molecule has 5 atom stereocenters. The Bertz CT molecular complexity index is 757. The molecule has 0 radical (unpaired) electrons. The number of carbonyl (C=O) groups is 1. The van der Waals surface area contributed by atoms with Crippen molar-refractivity contribution in [2.75, 3.05) is 32.8 Å². The number of nitrogens with one attached hydrogen (secondary N) is 1. The molecule has 2 saturated heterocycles. The lowest BCUT2D eigenvalue weighted by atomic mass is 9.92. The van der Waals surface area contributed by atoms with Gasteiger partial charge in [0.15, 0.2) is 0 Å². The van der Waals surface area contributed by atoms with Crippen LogP contribution in [-0.4, -0.2) is 49.7 Å². The molecule has 0 spiro atoms.